The van der Waals surface area contributed by atoms with Crippen molar-refractivity contribution in [1.29, 1.82) is 0 Å². The van der Waals surface area contributed by atoms with Crippen LogP contribution in [0.4, 0.5) is 5.69 Å². The Hall–Kier alpha value is -3.48. The normalized spacial score (nSPS) is 21.0. The van der Waals surface area contributed by atoms with Gasteiger partial charge in [0.05, 0.1) is 32.6 Å². The van der Waals surface area contributed by atoms with Crippen LogP contribution < -0.4 is 19.1 Å². The van der Waals surface area contributed by atoms with Crippen molar-refractivity contribution in [2.45, 2.75) is 20.3 Å². The minimum atomic E-state index is -0.377. The van der Waals surface area contributed by atoms with Gasteiger partial charge >= 0.3 is 0 Å². The number of hydrogen-bond acceptors (Lipinski definition) is 6. The van der Waals surface area contributed by atoms with E-state index in [1.807, 2.05) is 6.07 Å². The number of para-hydroxylation sites is 2. The van der Waals surface area contributed by atoms with Crippen LogP contribution in [0.15, 0.2) is 48.2 Å². The highest BCUT2D eigenvalue weighted by Gasteiger charge is 2.44. The Kier molecular flexibility index (Phi) is 6.31. The average Bonchev–Trinajstić information content (AvgIpc) is 3.07. The summed E-state index contributed by atoms with van der Waals surface area (Å²) in [5.74, 6) is 1.63. The van der Waals surface area contributed by atoms with Crippen LogP contribution in [0.2, 0.25) is 0 Å². The van der Waals surface area contributed by atoms with Gasteiger partial charge in [0.15, 0.2) is 11.5 Å². The van der Waals surface area contributed by atoms with Gasteiger partial charge in [0.2, 0.25) is 0 Å². The molecule has 1 saturated heterocycles. The van der Waals surface area contributed by atoms with E-state index in [1.54, 1.807) is 50.6 Å². The van der Waals surface area contributed by atoms with Gasteiger partial charge in [-0.2, -0.15) is 0 Å². The number of amides is 2. The van der Waals surface area contributed by atoms with Gasteiger partial charge in [-0.15, -0.1) is 0 Å². The van der Waals surface area contributed by atoms with Crippen LogP contribution in [0.1, 0.15) is 25.8 Å². The van der Waals surface area contributed by atoms with Crippen molar-refractivity contribution in [3.63, 3.8) is 0 Å². The predicted molar refractivity (Wildman–Crippen MR) is 126 cm³/mol. The fourth-order valence-corrected chi connectivity index (χ4v) is 4.94. The van der Waals surface area contributed by atoms with Crippen molar-refractivity contribution in [3.8, 4) is 17.2 Å². The van der Waals surface area contributed by atoms with Gasteiger partial charge < -0.3 is 19.1 Å². The number of piperidine rings is 1. The summed E-state index contributed by atoms with van der Waals surface area (Å²) in [5, 5.41) is 0. The standard InChI is InChI=1S/C26H30N2O5/c1-16-12-17(2)15-27(14-16)24-23(18-10-11-21(32-4)22(13-18)33-5)25(29)28(26(24)30)19-8-6-7-9-20(19)31-3/h6-11,13,16-17H,12,14-15H2,1-5H3. The summed E-state index contributed by atoms with van der Waals surface area (Å²) in [7, 11) is 4.64. The number of carbonyl (C=O) groups excluding carboxylic acids is 2. The van der Waals surface area contributed by atoms with Crippen LogP contribution in [0.25, 0.3) is 5.57 Å². The number of rotatable bonds is 6. The van der Waals surface area contributed by atoms with E-state index >= 15 is 0 Å². The van der Waals surface area contributed by atoms with Crippen molar-refractivity contribution in [1.82, 2.24) is 4.90 Å². The quantitative estimate of drug-likeness (QED) is 0.621. The molecule has 2 amide bonds. The first kappa shape index (κ1) is 22.7. The summed E-state index contributed by atoms with van der Waals surface area (Å²) >= 11 is 0. The van der Waals surface area contributed by atoms with Crippen LogP contribution in [0.3, 0.4) is 0 Å². The number of nitrogens with zero attached hydrogens (tertiary/aromatic N) is 2. The van der Waals surface area contributed by atoms with Crippen molar-refractivity contribution >= 4 is 23.1 Å². The summed E-state index contributed by atoms with van der Waals surface area (Å²) in [6.07, 6.45) is 1.09. The number of methoxy groups -OCH3 is 3. The van der Waals surface area contributed by atoms with Gasteiger partial charge in [0.1, 0.15) is 11.4 Å². The third-order valence-electron chi connectivity index (χ3n) is 6.24. The maximum absolute atomic E-state index is 13.9. The van der Waals surface area contributed by atoms with Crippen molar-refractivity contribution < 1.29 is 23.8 Å². The van der Waals surface area contributed by atoms with E-state index in [1.165, 1.54) is 12.0 Å². The molecule has 0 spiro atoms. The Morgan fingerprint density at radius 1 is 0.788 bits per heavy atom. The molecule has 1 fully saturated rings. The monoisotopic (exact) mass is 450 g/mol. The van der Waals surface area contributed by atoms with Crippen LogP contribution in [0, 0.1) is 11.8 Å². The van der Waals surface area contributed by atoms with E-state index in [4.69, 9.17) is 14.2 Å². The minimum absolute atomic E-state index is 0.337. The number of anilines is 1. The maximum Gasteiger partial charge on any atom is 0.282 e. The van der Waals surface area contributed by atoms with Crippen LogP contribution >= 0.6 is 0 Å². The van der Waals surface area contributed by atoms with E-state index < -0.39 is 0 Å². The lowest BCUT2D eigenvalue weighted by Crippen LogP contribution is -2.42. The SMILES string of the molecule is COc1ccc(C2=C(N3CC(C)CC(C)C3)C(=O)N(c3ccccc3OC)C2=O)cc1OC. The highest BCUT2D eigenvalue weighted by molar-refractivity contribution is 6.45. The Morgan fingerprint density at radius 3 is 2.06 bits per heavy atom. The third kappa shape index (κ3) is 4.03. The molecule has 0 N–H and O–H groups in total. The molecule has 2 aromatic rings. The minimum Gasteiger partial charge on any atom is -0.495 e. The fraction of sp³-hybridized carbons (Fsp3) is 0.385. The summed E-state index contributed by atoms with van der Waals surface area (Å²) in [6.45, 7) is 5.79. The first-order chi connectivity index (χ1) is 15.9. The van der Waals surface area contributed by atoms with Gasteiger partial charge in [0.25, 0.3) is 11.8 Å². The molecule has 2 aliphatic rings. The zero-order valence-corrected chi connectivity index (χ0v) is 19.8. The molecule has 0 aliphatic carbocycles. The smallest absolute Gasteiger partial charge is 0.282 e. The lowest BCUT2D eigenvalue weighted by atomic mass is 9.91. The Bertz CT molecular complexity index is 1100. The zero-order valence-electron chi connectivity index (χ0n) is 19.8. The molecule has 4 rings (SSSR count). The molecule has 2 atom stereocenters. The number of ether oxygens (including phenoxy) is 3. The highest BCUT2D eigenvalue weighted by Crippen LogP contribution is 2.41. The number of hydrogen-bond donors (Lipinski definition) is 0. The van der Waals surface area contributed by atoms with Crippen molar-refractivity contribution in [3.05, 3.63) is 53.7 Å². The molecule has 174 valence electrons. The second-order valence-electron chi connectivity index (χ2n) is 8.76. The van der Waals surface area contributed by atoms with Gasteiger partial charge in [-0.3, -0.25) is 9.59 Å². The summed E-state index contributed by atoms with van der Waals surface area (Å²) in [4.78, 5) is 31.0. The van der Waals surface area contributed by atoms with Crippen LogP contribution in [-0.2, 0) is 9.59 Å². The number of imide groups is 1. The molecule has 7 nitrogen and oxygen atoms in total. The zero-order chi connectivity index (χ0) is 23.7. The first-order valence-electron chi connectivity index (χ1n) is 11.1. The molecular weight excluding hydrogens is 420 g/mol. The molecule has 2 unspecified atom stereocenters. The summed E-state index contributed by atoms with van der Waals surface area (Å²) in [5.41, 5.74) is 1.84. The molecule has 0 aromatic heterocycles. The largest absolute Gasteiger partial charge is 0.495 e. The average molecular weight is 451 g/mol. The maximum atomic E-state index is 13.9. The van der Waals surface area contributed by atoms with Gasteiger partial charge in [0, 0.05) is 13.1 Å². The molecule has 0 saturated carbocycles. The topological polar surface area (TPSA) is 68.3 Å². The summed E-state index contributed by atoms with van der Waals surface area (Å²) < 4.78 is 16.3. The van der Waals surface area contributed by atoms with E-state index in [0.717, 1.165) is 19.5 Å². The van der Waals surface area contributed by atoms with Crippen molar-refractivity contribution in [2.24, 2.45) is 11.8 Å². The van der Waals surface area contributed by atoms with Crippen molar-refractivity contribution in [2.75, 3.05) is 39.3 Å². The van der Waals surface area contributed by atoms with Gasteiger partial charge in [-0.05, 0) is 48.1 Å². The molecular formula is C26H30N2O5. The Balaban J connectivity index is 1.88. The molecule has 2 aliphatic heterocycles. The highest BCUT2D eigenvalue weighted by atomic mass is 16.5. The second-order valence-corrected chi connectivity index (χ2v) is 8.76. The second kappa shape index (κ2) is 9.17. The molecule has 2 heterocycles. The molecule has 0 bridgehead atoms. The summed E-state index contributed by atoms with van der Waals surface area (Å²) in [6, 6.07) is 12.4. The molecule has 7 heteroatoms. The molecule has 2 aromatic carbocycles. The predicted octanol–water partition coefficient (Wildman–Crippen LogP) is 3.97. The fourth-order valence-electron chi connectivity index (χ4n) is 4.94. The number of carbonyl (C=O) groups is 2. The van der Waals surface area contributed by atoms with E-state index in [-0.39, 0.29) is 11.8 Å². The van der Waals surface area contributed by atoms with E-state index in [9.17, 15) is 9.59 Å². The Labute approximate surface area is 194 Å². The van der Waals surface area contributed by atoms with Gasteiger partial charge in [-0.1, -0.05) is 32.0 Å². The molecule has 0 radical (unpaired) electrons. The third-order valence-corrected chi connectivity index (χ3v) is 6.24. The lowest BCUT2D eigenvalue weighted by molar-refractivity contribution is -0.120. The van der Waals surface area contributed by atoms with E-state index in [2.05, 4.69) is 18.7 Å². The first-order valence-corrected chi connectivity index (χ1v) is 11.1. The van der Waals surface area contributed by atoms with Gasteiger partial charge in [-0.25, -0.2) is 4.90 Å². The Morgan fingerprint density at radius 2 is 1.42 bits per heavy atom. The molecule has 33 heavy (non-hydrogen) atoms. The van der Waals surface area contributed by atoms with Crippen LogP contribution in [0.5, 0.6) is 17.2 Å². The van der Waals surface area contributed by atoms with Crippen LogP contribution in [-0.4, -0.2) is 51.1 Å². The van der Waals surface area contributed by atoms with E-state index in [0.29, 0.717) is 51.6 Å². The lowest BCUT2D eigenvalue weighted by Gasteiger charge is -2.37. The number of likely N-dealkylation sites (tertiary alicyclic amines) is 1. The number of benzene rings is 2.